The second-order valence-electron chi connectivity index (χ2n) is 11.0. The van der Waals surface area contributed by atoms with Crippen molar-refractivity contribution in [2.45, 2.75) is 131 Å². The minimum absolute atomic E-state index is 0.145. The van der Waals surface area contributed by atoms with Crippen LogP contribution in [0, 0.1) is 23.7 Å². The first-order valence-electron chi connectivity index (χ1n) is 14.5. The largest absolute Gasteiger partial charge is 0.460 e. The molecule has 208 valence electrons. The Morgan fingerprint density at radius 1 is 0.611 bits per heavy atom. The van der Waals surface area contributed by atoms with Crippen molar-refractivity contribution < 1.29 is 23.9 Å². The first-order chi connectivity index (χ1) is 17.1. The number of hydrogen-bond acceptors (Lipinski definition) is 5. The van der Waals surface area contributed by atoms with Crippen molar-refractivity contribution in [3.8, 4) is 0 Å². The van der Waals surface area contributed by atoms with Gasteiger partial charge in [0.05, 0.1) is 6.61 Å². The normalized spacial score (nSPS) is 11.8. The van der Waals surface area contributed by atoms with Gasteiger partial charge in [0.1, 0.15) is 17.5 Å². The van der Waals surface area contributed by atoms with E-state index in [0.29, 0.717) is 6.42 Å². The van der Waals surface area contributed by atoms with Gasteiger partial charge >= 0.3 is 5.97 Å². The van der Waals surface area contributed by atoms with Crippen LogP contribution in [0.1, 0.15) is 131 Å². The number of ketones is 3. The average molecular weight is 507 g/mol. The summed E-state index contributed by atoms with van der Waals surface area (Å²) in [7, 11) is 0. The summed E-state index contributed by atoms with van der Waals surface area (Å²) in [6.45, 7) is 11.8. The Morgan fingerprint density at radius 3 is 1.47 bits per heavy atom. The predicted octanol–water partition coefficient (Wildman–Crippen LogP) is 7.84. The molecule has 0 aliphatic rings. The molecule has 0 aliphatic heterocycles. The first-order valence-corrected chi connectivity index (χ1v) is 14.5. The lowest BCUT2D eigenvalue weighted by Crippen LogP contribution is -2.35. The van der Waals surface area contributed by atoms with Crippen molar-refractivity contribution in [2.75, 3.05) is 6.61 Å². The van der Waals surface area contributed by atoms with Gasteiger partial charge < -0.3 is 4.74 Å². The number of esters is 1. The Kier molecular flexibility index (Phi) is 20.3. The average Bonchev–Trinajstić information content (AvgIpc) is 2.79. The van der Waals surface area contributed by atoms with Crippen molar-refractivity contribution in [1.82, 2.24) is 0 Å². The van der Waals surface area contributed by atoms with Crippen molar-refractivity contribution in [2.24, 2.45) is 23.7 Å². The fourth-order valence-corrected chi connectivity index (χ4v) is 4.93. The number of allylic oxidation sites excluding steroid dienone is 2. The van der Waals surface area contributed by atoms with Crippen LogP contribution in [0.25, 0.3) is 0 Å². The molecule has 0 aromatic heterocycles. The molecule has 36 heavy (non-hydrogen) atoms. The molecule has 0 atom stereocenters. The van der Waals surface area contributed by atoms with Gasteiger partial charge in [-0.3, -0.25) is 14.4 Å². The number of carbonyl (C=O) groups excluding carboxylic acids is 4. The van der Waals surface area contributed by atoms with E-state index in [4.69, 9.17) is 4.74 Å². The smallest absolute Gasteiger partial charge is 0.375 e. The Bertz CT molecular complexity index is 640. The van der Waals surface area contributed by atoms with Crippen LogP contribution in [-0.2, 0) is 23.9 Å². The third kappa shape index (κ3) is 16.8. The highest BCUT2D eigenvalue weighted by atomic mass is 16.5. The summed E-state index contributed by atoms with van der Waals surface area (Å²) in [5.74, 6) is -2.44. The molecule has 0 aliphatic carbocycles. The second kappa shape index (κ2) is 21.3. The molecule has 0 aromatic carbocycles. The highest BCUT2D eigenvalue weighted by Gasteiger charge is 2.34. The van der Waals surface area contributed by atoms with Gasteiger partial charge in [0.25, 0.3) is 5.78 Å². The Balaban J connectivity index is 3.57. The van der Waals surface area contributed by atoms with Gasteiger partial charge in [-0.05, 0) is 70.1 Å². The number of hydrogen-bond donors (Lipinski definition) is 0. The molecule has 0 fully saturated rings. The quantitative estimate of drug-likeness (QED) is 0.0464. The van der Waals surface area contributed by atoms with Crippen LogP contribution < -0.4 is 0 Å². The minimum atomic E-state index is -1.52. The monoisotopic (exact) mass is 506 g/mol. The van der Waals surface area contributed by atoms with E-state index in [1.807, 2.05) is 0 Å². The van der Waals surface area contributed by atoms with Gasteiger partial charge in [0.15, 0.2) is 0 Å². The molecular weight excluding hydrogens is 452 g/mol. The summed E-state index contributed by atoms with van der Waals surface area (Å²) in [6.07, 6.45) is 21.3. The molecular formula is C31H54O5. The number of rotatable bonds is 23. The highest BCUT2D eigenvalue weighted by Crippen LogP contribution is 2.26. The van der Waals surface area contributed by atoms with E-state index in [2.05, 4.69) is 39.8 Å². The number of Topliss-reactive ketones (excluding diaryl/α,β-unsaturated/α-hetero) is 3. The van der Waals surface area contributed by atoms with E-state index < -0.39 is 29.2 Å². The second-order valence-corrected chi connectivity index (χ2v) is 11.0. The molecule has 0 aromatic rings. The highest BCUT2D eigenvalue weighted by molar-refractivity contribution is 6.43. The van der Waals surface area contributed by atoms with Crippen LogP contribution in [0.3, 0.4) is 0 Å². The lowest BCUT2D eigenvalue weighted by atomic mass is 9.81. The summed E-state index contributed by atoms with van der Waals surface area (Å²) in [6, 6.07) is 0. The maximum Gasteiger partial charge on any atom is 0.375 e. The van der Waals surface area contributed by atoms with E-state index >= 15 is 0 Å². The van der Waals surface area contributed by atoms with E-state index in [1.165, 1.54) is 57.8 Å². The minimum Gasteiger partial charge on any atom is -0.460 e. The fraction of sp³-hybridized carbons (Fsp3) is 0.806. The van der Waals surface area contributed by atoms with Crippen LogP contribution in [-0.4, -0.2) is 29.9 Å². The zero-order valence-electron chi connectivity index (χ0n) is 24.1. The summed E-state index contributed by atoms with van der Waals surface area (Å²) < 4.78 is 4.93. The molecule has 0 N–H and O–H groups in total. The predicted molar refractivity (Wildman–Crippen MR) is 148 cm³/mol. The van der Waals surface area contributed by atoms with Gasteiger partial charge in [-0.2, -0.15) is 0 Å². The van der Waals surface area contributed by atoms with Gasteiger partial charge in [-0.25, -0.2) is 4.79 Å². The van der Waals surface area contributed by atoms with E-state index in [9.17, 15) is 19.2 Å². The molecule has 5 heteroatoms. The Labute approximate surface area is 221 Å². The van der Waals surface area contributed by atoms with E-state index in [1.54, 1.807) is 0 Å². The lowest BCUT2D eigenvalue weighted by molar-refractivity contribution is -0.158. The van der Waals surface area contributed by atoms with Gasteiger partial charge in [0, 0.05) is 0 Å². The number of ether oxygens (including phenoxy) is 1. The van der Waals surface area contributed by atoms with E-state index in [0.717, 1.165) is 57.3 Å². The van der Waals surface area contributed by atoms with Crippen LogP contribution in [0.5, 0.6) is 0 Å². The van der Waals surface area contributed by atoms with Crippen molar-refractivity contribution in [3.63, 3.8) is 0 Å². The topological polar surface area (TPSA) is 77.5 Å². The number of carbonyl (C=O) groups is 4. The lowest BCUT2D eigenvalue weighted by Gasteiger charge is -2.24. The molecule has 0 spiro atoms. The van der Waals surface area contributed by atoms with Crippen LogP contribution in [0.15, 0.2) is 12.2 Å². The van der Waals surface area contributed by atoms with Gasteiger partial charge in [-0.15, -0.1) is 0 Å². The summed E-state index contributed by atoms with van der Waals surface area (Å²) >= 11 is 0. The molecule has 0 amide bonds. The molecule has 0 saturated carbocycles. The van der Waals surface area contributed by atoms with Crippen LogP contribution >= 0.6 is 0 Å². The van der Waals surface area contributed by atoms with Gasteiger partial charge in [-0.1, -0.05) is 91.2 Å². The maximum absolute atomic E-state index is 11.9. The molecule has 5 nitrogen and oxygen atoms in total. The fourth-order valence-electron chi connectivity index (χ4n) is 4.93. The van der Waals surface area contributed by atoms with Crippen molar-refractivity contribution in [3.05, 3.63) is 12.2 Å². The summed E-state index contributed by atoms with van der Waals surface area (Å²) in [5.41, 5.74) is 0. The molecule has 0 heterocycles. The Morgan fingerprint density at radius 2 is 1.03 bits per heavy atom. The SMILES string of the molecule is CC(=O)C(C(C)=O)C(=O)C(=O)OCCCCCCCC/C=C\CCCCCCCC(C(C)C)C(C)C. The van der Waals surface area contributed by atoms with Crippen molar-refractivity contribution in [1.29, 1.82) is 0 Å². The zero-order valence-corrected chi connectivity index (χ0v) is 24.1. The first kappa shape index (κ1) is 34.2. The maximum atomic E-state index is 11.9. The van der Waals surface area contributed by atoms with Crippen LogP contribution in [0.4, 0.5) is 0 Å². The molecule has 0 bridgehead atoms. The molecule has 0 saturated heterocycles. The molecule has 0 radical (unpaired) electrons. The summed E-state index contributed by atoms with van der Waals surface area (Å²) in [5, 5.41) is 0. The summed E-state index contributed by atoms with van der Waals surface area (Å²) in [4.78, 5) is 46.3. The standard InChI is InChI=1S/C31H54O5/c1-24(2)28(25(3)4)22-20-18-16-14-12-10-8-7-9-11-13-15-17-19-21-23-36-31(35)30(34)29(26(5)32)27(6)33/h7-8,24-25,28-29H,9-23H2,1-6H3/b8-7-. The molecule has 0 unspecified atom stereocenters. The number of unbranched alkanes of at least 4 members (excludes halogenated alkanes) is 11. The zero-order chi connectivity index (χ0) is 27.3. The van der Waals surface area contributed by atoms with Gasteiger partial charge in [0.2, 0.25) is 0 Å². The Hall–Kier alpha value is -1.78. The third-order valence-corrected chi connectivity index (χ3v) is 7.06. The van der Waals surface area contributed by atoms with Crippen molar-refractivity contribution >= 4 is 23.3 Å². The van der Waals surface area contributed by atoms with Crippen LogP contribution in [0.2, 0.25) is 0 Å². The molecule has 0 rings (SSSR count). The van der Waals surface area contributed by atoms with E-state index in [-0.39, 0.29) is 6.61 Å². The third-order valence-electron chi connectivity index (χ3n) is 7.06.